The van der Waals surface area contributed by atoms with Crippen LogP contribution in [0.25, 0.3) is 26.4 Å². The molecule has 4 heteroatoms. The number of anilines is 1. The molecule has 52 heavy (non-hydrogen) atoms. The topological polar surface area (TPSA) is 34.4 Å². The number of benzene rings is 4. The Morgan fingerprint density at radius 2 is 1.62 bits per heavy atom. The van der Waals surface area contributed by atoms with Crippen LogP contribution in [-0.2, 0) is 10.8 Å². The fraction of sp³-hybridized carbons (Fsp3) is 0.354. The maximum Gasteiger partial charge on any atom is 0.233 e. The van der Waals surface area contributed by atoms with E-state index in [2.05, 4.69) is 157 Å². The molecule has 0 aromatic heterocycles. The third-order valence-electron chi connectivity index (χ3n) is 12.8. The summed E-state index contributed by atoms with van der Waals surface area (Å²) in [6, 6.07) is 29.0. The van der Waals surface area contributed by atoms with E-state index in [0.29, 0.717) is 6.42 Å². The maximum atomic E-state index is 10.2. The van der Waals surface area contributed by atoms with Gasteiger partial charge in [0, 0.05) is 47.5 Å². The van der Waals surface area contributed by atoms with Gasteiger partial charge in [-0.25, -0.2) is 6.57 Å². The third-order valence-corrected chi connectivity index (χ3v) is 12.8. The number of rotatable bonds is 9. The molecule has 4 atom stereocenters. The lowest BCUT2D eigenvalue weighted by atomic mass is 9.70. The van der Waals surface area contributed by atoms with Gasteiger partial charge in [0.05, 0.1) is 23.8 Å². The highest BCUT2D eigenvalue weighted by molar-refractivity contribution is 6.08. The Labute approximate surface area is 309 Å². The van der Waals surface area contributed by atoms with Crippen LogP contribution >= 0.6 is 0 Å². The smallest absolute Gasteiger partial charge is 0.233 e. The summed E-state index contributed by atoms with van der Waals surface area (Å²) in [6.45, 7) is 13.5. The molecule has 4 nitrogen and oxygen atoms in total. The molecule has 0 N–H and O–H groups in total. The lowest BCUT2D eigenvalue weighted by Gasteiger charge is -2.29. The van der Waals surface area contributed by atoms with Crippen LogP contribution in [-0.4, -0.2) is 29.9 Å². The average molecular weight is 682 g/mol. The van der Waals surface area contributed by atoms with E-state index in [1.54, 1.807) is 0 Å². The summed E-state index contributed by atoms with van der Waals surface area (Å²) in [5, 5.41) is 15.2. The van der Waals surface area contributed by atoms with Gasteiger partial charge in [-0.15, -0.1) is 0 Å². The molecule has 2 aliphatic heterocycles. The van der Waals surface area contributed by atoms with Crippen molar-refractivity contribution < 1.29 is 4.58 Å². The molecule has 1 saturated carbocycles. The van der Waals surface area contributed by atoms with E-state index < -0.39 is 5.41 Å². The zero-order valence-electron chi connectivity index (χ0n) is 30.9. The van der Waals surface area contributed by atoms with Crippen LogP contribution < -0.4 is 4.90 Å². The van der Waals surface area contributed by atoms with Crippen molar-refractivity contribution in [3.63, 3.8) is 0 Å². The van der Waals surface area contributed by atoms with Crippen LogP contribution in [0.15, 0.2) is 121 Å². The molecular formula is C48H49N4+. The quantitative estimate of drug-likeness (QED) is 0.0763. The molecule has 2 aliphatic carbocycles. The van der Waals surface area contributed by atoms with Gasteiger partial charge < -0.3 is 9.74 Å². The predicted octanol–water partition coefficient (Wildman–Crippen LogP) is 11.5. The van der Waals surface area contributed by atoms with Crippen molar-refractivity contribution >= 4 is 38.6 Å². The number of hydrogen-bond donors (Lipinski definition) is 0. The van der Waals surface area contributed by atoms with Gasteiger partial charge in [-0.2, -0.15) is 9.84 Å². The summed E-state index contributed by atoms with van der Waals surface area (Å²) >= 11 is 0. The van der Waals surface area contributed by atoms with Crippen LogP contribution in [0, 0.1) is 29.7 Å². The van der Waals surface area contributed by atoms with Gasteiger partial charge in [-0.05, 0) is 77.9 Å². The SMILES string of the molecule is [C-]#[N+]C1CC=CC1CC1(C)C(/C=C/C=C/C=C2/N(CCC3CCCC3)c3ccc4ccccc4c3C2(C)CC#N)=[N+](C)c2ccc3ccccc3c21. The van der Waals surface area contributed by atoms with E-state index in [1.165, 1.54) is 87.6 Å². The summed E-state index contributed by atoms with van der Waals surface area (Å²) < 4.78 is 2.36. The first-order valence-electron chi connectivity index (χ1n) is 19.3. The summed E-state index contributed by atoms with van der Waals surface area (Å²) in [4.78, 5) is 6.57. The van der Waals surface area contributed by atoms with Crippen LogP contribution in [0.1, 0.15) is 76.3 Å². The Kier molecular flexibility index (Phi) is 8.97. The minimum absolute atomic E-state index is 0.00454. The third kappa shape index (κ3) is 5.61. The molecule has 2 heterocycles. The molecule has 0 radical (unpaired) electrons. The Hall–Kier alpha value is -5.19. The van der Waals surface area contributed by atoms with Gasteiger partial charge >= 0.3 is 0 Å². The van der Waals surface area contributed by atoms with Gasteiger partial charge in [-0.1, -0.05) is 111 Å². The largest absolute Gasteiger partial charge is 0.344 e. The molecule has 1 fully saturated rings. The standard InChI is InChI=1S/C48H49N4/c1-47(30-31-49)44(52(32-29-34-15-8-9-16-34)42-28-26-36-18-11-13-21-39(36)46(42)47)24-7-5-6-23-43-48(2,33-37-19-14-22-40(37)50-3)45-38-20-12-10-17-35(38)25-27-41(45)51(43)4/h5-7,10-14,17-21,23-28,34,37,40H,8-9,15-16,22,29-30,32-33H2,1-2,4H3/q+1. The molecule has 4 aromatic rings. The molecule has 0 saturated heterocycles. The molecular weight excluding hydrogens is 633 g/mol. The first kappa shape index (κ1) is 33.9. The number of allylic oxidation sites excluding steroid dienone is 6. The van der Waals surface area contributed by atoms with Gasteiger partial charge in [0.2, 0.25) is 11.7 Å². The maximum absolute atomic E-state index is 10.2. The van der Waals surface area contributed by atoms with Gasteiger partial charge in [0.25, 0.3) is 0 Å². The molecule has 260 valence electrons. The molecule has 4 unspecified atom stereocenters. The van der Waals surface area contributed by atoms with Crippen molar-refractivity contribution in [2.45, 2.75) is 82.1 Å². The summed E-state index contributed by atoms with van der Waals surface area (Å²) in [5.41, 5.74) is 6.96. The fourth-order valence-electron chi connectivity index (χ4n) is 10.2. The van der Waals surface area contributed by atoms with Crippen molar-refractivity contribution in [3.05, 3.63) is 144 Å². The van der Waals surface area contributed by atoms with E-state index in [-0.39, 0.29) is 17.4 Å². The molecule has 0 amide bonds. The number of fused-ring (bicyclic) bond motifs is 6. The van der Waals surface area contributed by atoms with E-state index in [9.17, 15) is 5.26 Å². The number of nitrogens with zero attached hydrogens (tertiary/aromatic N) is 4. The fourth-order valence-corrected chi connectivity index (χ4v) is 10.2. The summed E-state index contributed by atoms with van der Waals surface area (Å²) in [7, 11) is 2.19. The molecule has 0 bridgehead atoms. The summed E-state index contributed by atoms with van der Waals surface area (Å²) in [5.74, 6) is 1.00. The zero-order chi connectivity index (χ0) is 35.9. The Morgan fingerprint density at radius 3 is 2.35 bits per heavy atom. The lowest BCUT2D eigenvalue weighted by molar-refractivity contribution is -0.401. The zero-order valence-corrected chi connectivity index (χ0v) is 30.9. The van der Waals surface area contributed by atoms with E-state index in [0.717, 1.165) is 25.3 Å². The Morgan fingerprint density at radius 1 is 0.904 bits per heavy atom. The minimum Gasteiger partial charge on any atom is -0.344 e. The molecule has 8 rings (SSSR count). The number of hydrogen-bond acceptors (Lipinski definition) is 2. The summed E-state index contributed by atoms with van der Waals surface area (Å²) in [6.07, 6.45) is 24.3. The van der Waals surface area contributed by atoms with E-state index >= 15 is 0 Å². The first-order valence-corrected chi connectivity index (χ1v) is 19.3. The lowest BCUT2D eigenvalue weighted by Crippen LogP contribution is -2.34. The highest BCUT2D eigenvalue weighted by atomic mass is 15.2. The Balaban J connectivity index is 1.16. The normalized spacial score (nSPS) is 26.4. The van der Waals surface area contributed by atoms with E-state index in [4.69, 9.17) is 6.57 Å². The van der Waals surface area contributed by atoms with Crippen molar-refractivity contribution in [3.8, 4) is 6.07 Å². The Bertz CT molecular complexity index is 2280. The molecule has 4 aliphatic rings. The monoisotopic (exact) mass is 681 g/mol. The van der Waals surface area contributed by atoms with Crippen molar-refractivity contribution in [1.82, 2.24) is 0 Å². The second-order valence-electron chi connectivity index (χ2n) is 15.9. The second kappa shape index (κ2) is 13.7. The van der Waals surface area contributed by atoms with Crippen LogP contribution in [0.2, 0.25) is 0 Å². The van der Waals surface area contributed by atoms with Crippen LogP contribution in [0.3, 0.4) is 0 Å². The minimum atomic E-state index is -0.412. The second-order valence-corrected chi connectivity index (χ2v) is 15.9. The average Bonchev–Trinajstić information content (AvgIpc) is 3.94. The van der Waals surface area contributed by atoms with Gasteiger partial charge in [0.1, 0.15) is 7.05 Å². The van der Waals surface area contributed by atoms with Crippen molar-refractivity contribution in [2.75, 3.05) is 18.5 Å². The van der Waals surface area contributed by atoms with Gasteiger partial charge in [-0.3, -0.25) is 0 Å². The highest BCUT2D eigenvalue weighted by Crippen LogP contribution is 2.53. The molecule has 4 aromatic carbocycles. The number of nitriles is 1. The van der Waals surface area contributed by atoms with E-state index in [1.807, 2.05) is 0 Å². The van der Waals surface area contributed by atoms with Crippen molar-refractivity contribution in [2.24, 2.45) is 11.8 Å². The predicted molar refractivity (Wildman–Crippen MR) is 216 cm³/mol. The van der Waals surface area contributed by atoms with Crippen molar-refractivity contribution in [1.29, 1.82) is 5.26 Å². The first-order chi connectivity index (χ1) is 25.4. The highest BCUT2D eigenvalue weighted by Gasteiger charge is 2.50. The van der Waals surface area contributed by atoms with Crippen LogP contribution in [0.4, 0.5) is 11.4 Å². The van der Waals surface area contributed by atoms with Crippen LogP contribution in [0.5, 0.6) is 0 Å². The molecule has 0 spiro atoms. The van der Waals surface area contributed by atoms with Gasteiger partial charge in [0.15, 0.2) is 5.71 Å².